The van der Waals surface area contributed by atoms with Crippen LogP contribution >= 0.6 is 0 Å². The number of aliphatic carboxylic acids is 1. The fraction of sp³-hybridized carbons (Fsp3) is 0.375. The summed E-state index contributed by atoms with van der Waals surface area (Å²) in [6, 6.07) is 0. The van der Waals surface area contributed by atoms with Crippen LogP contribution in [0.4, 0.5) is 0 Å². The number of carbonyl (C=O) groups excluding carboxylic acids is 1. The molecule has 0 saturated heterocycles. The van der Waals surface area contributed by atoms with Crippen molar-refractivity contribution in [3.63, 3.8) is 0 Å². The van der Waals surface area contributed by atoms with E-state index in [9.17, 15) is 14.7 Å². The van der Waals surface area contributed by atoms with E-state index in [1.807, 2.05) is 0 Å². The van der Waals surface area contributed by atoms with Crippen LogP contribution in [0, 0.1) is 0 Å². The summed E-state index contributed by atoms with van der Waals surface area (Å²) in [5, 5.41) is 17.5. The third-order valence-electron chi connectivity index (χ3n) is 1.64. The lowest BCUT2D eigenvalue weighted by Gasteiger charge is -2.07. The summed E-state index contributed by atoms with van der Waals surface area (Å²) in [4.78, 5) is 24.8. The van der Waals surface area contributed by atoms with Gasteiger partial charge in [0.2, 0.25) is 5.78 Å². The SMILES string of the molecule is O=C(O)CCC1=C(O)C(=O)CC=N1. The van der Waals surface area contributed by atoms with Gasteiger partial charge in [0.1, 0.15) is 0 Å². The van der Waals surface area contributed by atoms with Gasteiger partial charge in [-0.1, -0.05) is 0 Å². The monoisotopic (exact) mass is 183 g/mol. The average molecular weight is 183 g/mol. The Balaban J connectivity index is 2.67. The zero-order chi connectivity index (χ0) is 9.84. The molecule has 0 aliphatic carbocycles. The molecule has 2 N–H and O–H groups in total. The Morgan fingerprint density at radius 1 is 1.62 bits per heavy atom. The molecule has 0 radical (unpaired) electrons. The topological polar surface area (TPSA) is 87.0 Å². The summed E-state index contributed by atoms with van der Waals surface area (Å²) in [5.41, 5.74) is 0.165. The molecule has 0 aromatic carbocycles. The van der Waals surface area contributed by atoms with Crippen LogP contribution in [0.3, 0.4) is 0 Å². The molecule has 13 heavy (non-hydrogen) atoms. The van der Waals surface area contributed by atoms with Gasteiger partial charge in [-0.15, -0.1) is 0 Å². The molecule has 1 heterocycles. The number of rotatable bonds is 3. The number of aliphatic imine (C=N–C) groups is 1. The van der Waals surface area contributed by atoms with Crippen LogP contribution in [-0.4, -0.2) is 28.2 Å². The first-order valence-corrected chi connectivity index (χ1v) is 3.81. The summed E-state index contributed by atoms with van der Waals surface area (Å²) < 4.78 is 0. The standard InChI is InChI=1S/C8H9NO4/c10-6-3-4-9-5(8(6)13)1-2-7(11)12/h4,13H,1-3H2,(H,11,12). The van der Waals surface area contributed by atoms with Crippen molar-refractivity contribution in [1.29, 1.82) is 0 Å². The highest BCUT2D eigenvalue weighted by atomic mass is 16.4. The molecule has 0 amide bonds. The van der Waals surface area contributed by atoms with Crippen molar-refractivity contribution in [3.05, 3.63) is 11.5 Å². The highest BCUT2D eigenvalue weighted by molar-refractivity contribution is 6.04. The largest absolute Gasteiger partial charge is 0.503 e. The van der Waals surface area contributed by atoms with E-state index in [0.29, 0.717) is 0 Å². The lowest BCUT2D eigenvalue weighted by molar-refractivity contribution is -0.137. The van der Waals surface area contributed by atoms with Crippen LogP contribution < -0.4 is 0 Å². The molecular weight excluding hydrogens is 174 g/mol. The lowest BCUT2D eigenvalue weighted by atomic mass is 10.1. The molecule has 0 unspecified atom stereocenters. The molecule has 70 valence electrons. The Morgan fingerprint density at radius 3 is 2.92 bits per heavy atom. The molecule has 0 atom stereocenters. The maximum atomic E-state index is 10.9. The molecule has 1 aliphatic rings. The van der Waals surface area contributed by atoms with E-state index in [1.54, 1.807) is 0 Å². The number of carbonyl (C=O) groups is 2. The molecular formula is C8H9NO4. The number of nitrogens with zero attached hydrogens (tertiary/aromatic N) is 1. The Bertz CT molecular complexity index is 303. The molecule has 5 heteroatoms. The van der Waals surface area contributed by atoms with Crippen molar-refractivity contribution in [2.45, 2.75) is 19.3 Å². The van der Waals surface area contributed by atoms with Gasteiger partial charge in [0.05, 0.1) is 12.1 Å². The molecule has 0 bridgehead atoms. The predicted octanol–water partition coefficient (Wildman–Crippen LogP) is 0.664. The van der Waals surface area contributed by atoms with Crippen LogP contribution in [0.5, 0.6) is 0 Å². The van der Waals surface area contributed by atoms with E-state index >= 15 is 0 Å². The number of Topliss-reactive ketones (excluding diaryl/α,β-unsaturated/α-hetero) is 1. The minimum Gasteiger partial charge on any atom is -0.503 e. The third kappa shape index (κ3) is 2.40. The van der Waals surface area contributed by atoms with Crippen LogP contribution in [0.1, 0.15) is 19.3 Å². The fourth-order valence-electron chi connectivity index (χ4n) is 0.966. The normalized spacial score (nSPS) is 16.5. The Labute approximate surface area is 74.4 Å². The van der Waals surface area contributed by atoms with E-state index in [1.165, 1.54) is 6.21 Å². The van der Waals surface area contributed by atoms with Crippen LogP contribution in [0.25, 0.3) is 0 Å². The number of carboxylic acids is 1. The van der Waals surface area contributed by atoms with Crippen molar-refractivity contribution >= 4 is 18.0 Å². The van der Waals surface area contributed by atoms with Crippen LogP contribution in [0.15, 0.2) is 16.4 Å². The first-order valence-electron chi connectivity index (χ1n) is 3.81. The smallest absolute Gasteiger partial charge is 0.303 e. The lowest BCUT2D eigenvalue weighted by Crippen LogP contribution is -2.10. The molecule has 0 fully saturated rings. The van der Waals surface area contributed by atoms with E-state index in [4.69, 9.17) is 5.11 Å². The van der Waals surface area contributed by atoms with Gasteiger partial charge in [0.25, 0.3) is 0 Å². The number of carboxylic acid groups (broad SMARTS) is 1. The number of hydrogen-bond donors (Lipinski definition) is 2. The van der Waals surface area contributed by atoms with Gasteiger partial charge in [-0.05, 0) is 0 Å². The summed E-state index contributed by atoms with van der Waals surface area (Å²) in [6.07, 6.45) is 1.41. The minimum atomic E-state index is -0.978. The Hall–Kier alpha value is -1.65. The molecule has 0 aromatic heterocycles. The van der Waals surface area contributed by atoms with Crippen LogP contribution in [-0.2, 0) is 9.59 Å². The zero-order valence-electron chi connectivity index (χ0n) is 6.86. The molecule has 1 rings (SSSR count). The average Bonchev–Trinajstić information content (AvgIpc) is 2.07. The van der Waals surface area contributed by atoms with Gasteiger partial charge in [-0.2, -0.15) is 0 Å². The van der Waals surface area contributed by atoms with Crippen molar-refractivity contribution in [2.24, 2.45) is 4.99 Å². The molecule has 1 aliphatic heterocycles. The second kappa shape index (κ2) is 3.84. The molecule has 0 spiro atoms. The number of allylic oxidation sites excluding steroid dienone is 2. The van der Waals surface area contributed by atoms with Gasteiger partial charge in [0.15, 0.2) is 5.76 Å². The summed E-state index contributed by atoms with van der Waals surface area (Å²) in [7, 11) is 0. The fourth-order valence-corrected chi connectivity index (χ4v) is 0.966. The van der Waals surface area contributed by atoms with Gasteiger partial charge >= 0.3 is 5.97 Å². The van der Waals surface area contributed by atoms with Crippen molar-refractivity contribution in [3.8, 4) is 0 Å². The molecule has 0 saturated carbocycles. The first kappa shape index (κ1) is 9.44. The number of ketones is 1. The number of aliphatic hydroxyl groups is 1. The number of hydrogen-bond acceptors (Lipinski definition) is 4. The van der Waals surface area contributed by atoms with Gasteiger partial charge in [0, 0.05) is 19.1 Å². The molecule has 0 aromatic rings. The Kier molecular flexibility index (Phi) is 2.79. The quantitative estimate of drug-likeness (QED) is 0.672. The van der Waals surface area contributed by atoms with E-state index < -0.39 is 17.5 Å². The van der Waals surface area contributed by atoms with Crippen molar-refractivity contribution < 1.29 is 19.8 Å². The third-order valence-corrected chi connectivity index (χ3v) is 1.64. The second-order valence-electron chi connectivity index (χ2n) is 2.63. The molecule has 5 nitrogen and oxygen atoms in total. The maximum Gasteiger partial charge on any atom is 0.303 e. The van der Waals surface area contributed by atoms with E-state index in [2.05, 4.69) is 4.99 Å². The minimum absolute atomic E-state index is 0.0857. The Morgan fingerprint density at radius 2 is 2.31 bits per heavy atom. The van der Waals surface area contributed by atoms with Gasteiger partial charge in [-0.3, -0.25) is 14.6 Å². The van der Waals surface area contributed by atoms with Crippen molar-refractivity contribution in [2.75, 3.05) is 0 Å². The number of aliphatic hydroxyl groups excluding tert-OH is 1. The summed E-state index contributed by atoms with van der Waals surface area (Å²) >= 11 is 0. The van der Waals surface area contributed by atoms with Gasteiger partial charge < -0.3 is 10.2 Å². The summed E-state index contributed by atoms with van der Waals surface area (Å²) in [5.74, 6) is -1.78. The highest BCUT2D eigenvalue weighted by Crippen LogP contribution is 2.16. The van der Waals surface area contributed by atoms with Gasteiger partial charge in [-0.25, -0.2) is 0 Å². The van der Waals surface area contributed by atoms with Crippen LogP contribution in [0.2, 0.25) is 0 Å². The maximum absolute atomic E-state index is 10.9. The van der Waals surface area contributed by atoms with E-state index in [0.717, 1.165) is 0 Å². The zero-order valence-corrected chi connectivity index (χ0v) is 6.86. The second-order valence-corrected chi connectivity index (χ2v) is 2.63. The van der Waals surface area contributed by atoms with Crippen molar-refractivity contribution in [1.82, 2.24) is 0 Å². The summed E-state index contributed by atoms with van der Waals surface area (Å²) in [6.45, 7) is 0. The van der Waals surface area contributed by atoms with E-state index in [-0.39, 0.29) is 25.0 Å². The first-order chi connectivity index (χ1) is 6.11. The highest BCUT2D eigenvalue weighted by Gasteiger charge is 2.17. The predicted molar refractivity (Wildman–Crippen MR) is 44.6 cm³/mol.